The molecule has 0 saturated carbocycles. The maximum atomic E-state index is 12.0. The van der Waals surface area contributed by atoms with Gasteiger partial charge >= 0.3 is 0 Å². The van der Waals surface area contributed by atoms with Crippen LogP contribution in [-0.4, -0.2) is 29.7 Å². The summed E-state index contributed by atoms with van der Waals surface area (Å²) in [5.41, 5.74) is 2.52. The number of hydrogen-bond acceptors (Lipinski definition) is 3. The van der Waals surface area contributed by atoms with E-state index >= 15 is 0 Å². The predicted octanol–water partition coefficient (Wildman–Crippen LogP) is 0.978. The number of rotatable bonds is 5. The van der Waals surface area contributed by atoms with Crippen LogP contribution in [0.3, 0.4) is 0 Å². The van der Waals surface area contributed by atoms with Gasteiger partial charge in [0.1, 0.15) is 0 Å². The molecule has 0 saturated heterocycles. The molecule has 0 spiro atoms. The van der Waals surface area contributed by atoms with Crippen LogP contribution in [0.2, 0.25) is 0 Å². The molecule has 0 radical (unpaired) electrons. The number of benzene rings is 1. The van der Waals surface area contributed by atoms with Crippen LogP contribution in [0.25, 0.3) is 0 Å². The van der Waals surface area contributed by atoms with Crippen LogP contribution in [0.1, 0.15) is 30.9 Å². The second-order valence-electron chi connectivity index (χ2n) is 5.05. The maximum absolute atomic E-state index is 12.0. The molecule has 1 aromatic carbocycles. The van der Waals surface area contributed by atoms with Crippen LogP contribution in [-0.2, 0) is 17.8 Å². The fourth-order valence-corrected chi connectivity index (χ4v) is 2.33. The first-order valence-electron chi connectivity index (χ1n) is 6.96. The van der Waals surface area contributed by atoms with E-state index < -0.39 is 0 Å². The number of amides is 1. The largest absolute Gasteiger partial charge is 0.393 e. The molecule has 1 aliphatic heterocycles. The van der Waals surface area contributed by atoms with Crippen molar-refractivity contribution in [3.05, 3.63) is 35.4 Å². The van der Waals surface area contributed by atoms with Gasteiger partial charge in [-0.05, 0) is 30.4 Å². The Morgan fingerprint density at radius 3 is 2.95 bits per heavy atom. The Labute approximate surface area is 114 Å². The Kier molecular flexibility index (Phi) is 4.93. The normalized spacial score (nSPS) is 19.6. The summed E-state index contributed by atoms with van der Waals surface area (Å²) in [6.45, 7) is 3.21. The number of carbonyl (C=O) groups is 1. The smallest absolute Gasteiger partial charge is 0.237 e. The Morgan fingerprint density at radius 1 is 1.47 bits per heavy atom. The molecule has 4 heteroatoms. The maximum Gasteiger partial charge on any atom is 0.237 e. The lowest BCUT2D eigenvalue weighted by atomic mass is 9.95. The van der Waals surface area contributed by atoms with Crippen molar-refractivity contribution in [1.82, 2.24) is 10.6 Å². The summed E-state index contributed by atoms with van der Waals surface area (Å²) in [5.74, 6) is 0.0257. The third-order valence-corrected chi connectivity index (χ3v) is 3.65. The summed E-state index contributed by atoms with van der Waals surface area (Å²) >= 11 is 0. The monoisotopic (exact) mass is 262 g/mol. The molecule has 0 aliphatic carbocycles. The third-order valence-electron chi connectivity index (χ3n) is 3.65. The van der Waals surface area contributed by atoms with E-state index in [0.717, 1.165) is 19.4 Å². The molecule has 3 N–H and O–H groups in total. The quantitative estimate of drug-likeness (QED) is 0.741. The number of carbonyl (C=O) groups excluding carboxylic acids is 1. The Morgan fingerprint density at radius 2 is 2.21 bits per heavy atom. The highest BCUT2D eigenvalue weighted by Crippen LogP contribution is 2.16. The summed E-state index contributed by atoms with van der Waals surface area (Å²) < 4.78 is 0. The average molecular weight is 262 g/mol. The predicted molar refractivity (Wildman–Crippen MR) is 74.7 cm³/mol. The third kappa shape index (κ3) is 3.78. The number of hydrogen-bond donors (Lipinski definition) is 3. The molecule has 1 amide bonds. The second-order valence-corrected chi connectivity index (χ2v) is 5.05. The van der Waals surface area contributed by atoms with E-state index in [0.29, 0.717) is 13.0 Å². The van der Waals surface area contributed by atoms with Gasteiger partial charge in [0, 0.05) is 13.1 Å². The van der Waals surface area contributed by atoms with Gasteiger partial charge < -0.3 is 15.7 Å². The summed E-state index contributed by atoms with van der Waals surface area (Å²) in [4.78, 5) is 12.0. The Hall–Kier alpha value is -1.39. The first-order valence-corrected chi connectivity index (χ1v) is 6.96. The van der Waals surface area contributed by atoms with Gasteiger partial charge in [-0.15, -0.1) is 0 Å². The van der Waals surface area contributed by atoms with E-state index in [9.17, 15) is 9.90 Å². The number of aliphatic hydroxyl groups is 1. The van der Waals surface area contributed by atoms with Gasteiger partial charge in [0.15, 0.2) is 0 Å². The van der Waals surface area contributed by atoms with E-state index in [1.54, 1.807) is 0 Å². The van der Waals surface area contributed by atoms with Crippen molar-refractivity contribution in [2.75, 3.05) is 6.54 Å². The molecule has 1 aliphatic rings. The van der Waals surface area contributed by atoms with Gasteiger partial charge in [-0.1, -0.05) is 31.2 Å². The van der Waals surface area contributed by atoms with Crippen LogP contribution in [0.5, 0.6) is 0 Å². The fourth-order valence-electron chi connectivity index (χ4n) is 2.33. The van der Waals surface area contributed by atoms with Crippen LogP contribution in [0.15, 0.2) is 24.3 Å². The summed E-state index contributed by atoms with van der Waals surface area (Å²) in [7, 11) is 0. The van der Waals surface area contributed by atoms with Crippen molar-refractivity contribution in [2.45, 2.75) is 44.9 Å². The lowest BCUT2D eigenvalue weighted by molar-refractivity contribution is -0.123. The zero-order valence-electron chi connectivity index (χ0n) is 11.4. The van der Waals surface area contributed by atoms with Crippen LogP contribution in [0.4, 0.5) is 0 Å². The van der Waals surface area contributed by atoms with Crippen LogP contribution in [0, 0.1) is 0 Å². The molecule has 0 fully saturated rings. The molecule has 0 bridgehead atoms. The number of aliphatic hydroxyl groups excluding tert-OH is 1. The van der Waals surface area contributed by atoms with Gasteiger partial charge in [-0.25, -0.2) is 0 Å². The highest BCUT2D eigenvalue weighted by molar-refractivity contribution is 5.82. The lowest BCUT2D eigenvalue weighted by Crippen LogP contribution is -2.48. The summed E-state index contributed by atoms with van der Waals surface area (Å²) in [5, 5.41) is 15.6. The van der Waals surface area contributed by atoms with E-state index in [4.69, 9.17) is 0 Å². The first kappa shape index (κ1) is 14.0. The fraction of sp³-hybridized carbons (Fsp3) is 0.533. The van der Waals surface area contributed by atoms with E-state index in [1.165, 1.54) is 11.1 Å². The van der Waals surface area contributed by atoms with Crippen molar-refractivity contribution in [1.29, 1.82) is 0 Å². The lowest BCUT2D eigenvalue weighted by Gasteiger charge is -2.25. The van der Waals surface area contributed by atoms with Crippen molar-refractivity contribution < 1.29 is 9.90 Å². The molecule has 104 valence electrons. The topological polar surface area (TPSA) is 61.4 Å². The minimum Gasteiger partial charge on any atom is -0.393 e. The zero-order chi connectivity index (χ0) is 13.7. The summed E-state index contributed by atoms with van der Waals surface area (Å²) in [6, 6.07) is 8.04. The standard InChI is InChI=1S/C15H22N2O2/c1-2-13(18)7-8-16-15(19)14-9-11-5-3-4-6-12(11)10-17-14/h3-6,13-14,17-18H,2,7-10H2,1H3,(H,16,19). The Balaban J connectivity index is 1.82. The molecule has 2 rings (SSSR count). The van der Waals surface area contributed by atoms with E-state index in [2.05, 4.69) is 22.8 Å². The van der Waals surface area contributed by atoms with Crippen LogP contribution < -0.4 is 10.6 Å². The van der Waals surface area contributed by atoms with E-state index in [1.807, 2.05) is 19.1 Å². The molecule has 1 aromatic rings. The molecular formula is C15H22N2O2. The highest BCUT2D eigenvalue weighted by atomic mass is 16.3. The molecular weight excluding hydrogens is 240 g/mol. The molecule has 4 nitrogen and oxygen atoms in total. The van der Waals surface area contributed by atoms with Gasteiger partial charge in [-0.3, -0.25) is 4.79 Å². The minimum atomic E-state index is -0.319. The number of nitrogens with one attached hydrogen (secondary N) is 2. The van der Waals surface area contributed by atoms with Crippen molar-refractivity contribution >= 4 is 5.91 Å². The first-order chi connectivity index (χ1) is 9.20. The number of fused-ring (bicyclic) bond motifs is 1. The van der Waals surface area contributed by atoms with Crippen LogP contribution >= 0.6 is 0 Å². The van der Waals surface area contributed by atoms with Gasteiger partial charge in [0.25, 0.3) is 0 Å². The van der Waals surface area contributed by atoms with Crippen molar-refractivity contribution in [3.63, 3.8) is 0 Å². The highest BCUT2D eigenvalue weighted by Gasteiger charge is 2.23. The SMILES string of the molecule is CCC(O)CCNC(=O)C1Cc2ccccc2CN1. The Bertz CT molecular complexity index is 434. The van der Waals surface area contributed by atoms with E-state index in [-0.39, 0.29) is 18.1 Å². The molecule has 19 heavy (non-hydrogen) atoms. The zero-order valence-corrected chi connectivity index (χ0v) is 11.4. The second kappa shape index (κ2) is 6.68. The van der Waals surface area contributed by atoms with Crippen molar-refractivity contribution in [2.24, 2.45) is 0 Å². The van der Waals surface area contributed by atoms with Gasteiger partial charge in [0.05, 0.1) is 12.1 Å². The van der Waals surface area contributed by atoms with Gasteiger partial charge in [-0.2, -0.15) is 0 Å². The minimum absolute atomic E-state index is 0.0257. The van der Waals surface area contributed by atoms with Gasteiger partial charge in [0.2, 0.25) is 5.91 Å². The van der Waals surface area contributed by atoms with Crippen molar-refractivity contribution in [3.8, 4) is 0 Å². The molecule has 2 atom stereocenters. The molecule has 1 heterocycles. The average Bonchev–Trinajstić information content (AvgIpc) is 2.46. The molecule has 2 unspecified atom stereocenters. The summed E-state index contributed by atoms with van der Waals surface area (Å²) in [6.07, 6.45) is 1.76. The molecule has 0 aromatic heterocycles.